The molecule has 0 N–H and O–H groups in total. The third kappa shape index (κ3) is 3.40. The third-order valence-corrected chi connectivity index (χ3v) is 7.47. The number of carbonyl (C=O) groups is 1. The van der Waals surface area contributed by atoms with Crippen molar-refractivity contribution in [3.63, 3.8) is 0 Å². The highest BCUT2D eigenvalue weighted by Gasteiger charge is 2.25. The third-order valence-electron chi connectivity index (χ3n) is 5.29. The summed E-state index contributed by atoms with van der Waals surface area (Å²) in [5.41, 5.74) is 2.28. The molecule has 30 heavy (non-hydrogen) atoms. The molecule has 0 spiro atoms. The number of nitro benzene ring substituents is 1. The van der Waals surface area contributed by atoms with Gasteiger partial charge in [-0.1, -0.05) is 17.4 Å². The first-order valence-electron chi connectivity index (χ1n) is 9.57. The molecule has 2 aromatic carbocycles. The van der Waals surface area contributed by atoms with Crippen LogP contribution in [0.4, 0.5) is 10.8 Å². The van der Waals surface area contributed by atoms with Gasteiger partial charge >= 0.3 is 0 Å². The highest BCUT2D eigenvalue weighted by atomic mass is 32.1. The van der Waals surface area contributed by atoms with Crippen molar-refractivity contribution in [2.45, 2.75) is 6.92 Å². The van der Waals surface area contributed by atoms with Gasteiger partial charge in [0.2, 0.25) is 0 Å². The summed E-state index contributed by atoms with van der Waals surface area (Å²) in [5.74, 6) is -0.0153. The normalized spacial score (nSPS) is 14.6. The number of nitro groups is 1. The molecule has 1 aliphatic heterocycles. The molecule has 4 aromatic rings. The van der Waals surface area contributed by atoms with E-state index >= 15 is 0 Å². The summed E-state index contributed by atoms with van der Waals surface area (Å²) in [6, 6.07) is 12.8. The van der Waals surface area contributed by atoms with Crippen LogP contribution in [-0.4, -0.2) is 46.9 Å². The van der Waals surface area contributed by atoms with Crippen LogP contribution in [0.1, 0.15) is 15.2 Å². The van der Waals surface area contributed by atoms with Crippen molar-refractivity contribution in [1.29, 1.82) is 0 Å². The lowest BCUT2D eigenvalue weighted by atomic mass is 10.2. The molecule has 0 radical (unpaired) electrons. The SMILES string of the molecule is Cc1ccc2nc(N3CCN(C(=O)c4cc5cc([N+](=O)[O-])ccc5s4)CC3)sc2c1. The average Bonchev–Trinajstić information content (AvgIpc) is 3.36. The number of aryl methyl sites for hydroxylation is 1. The fourth-order valence-electron chi connectivity index (χ4n) is 3.66. The minimum absolute atomic E-state index is 0.0153. The zero-order valence-electron chi connectivity index (χ0n) is 16.2. The monoisotopic (exact) mass is 438 g/mol. The van der Waals surface area contributed by atoms with Crippen LogP contribution >= 0.6 is 22.7 Å². The first-order valence-corrected chi connectivity index (χ1v) is 11.2. The number of carbonyl (C=O) groups excluding carboxylic acids is 1. The number of benzene rings is 2. The number of amides is 1. The van der Waals surface area contributed by atoms with E-state index in [0.717, 1.165) is 33.8 Å². The Bertz CT molecular complexity index is 1290. The van der Waals surface area contributed by atoms with Crippen molar-refractivity contribution in [3.05, 3.63) is 63.0 Å². The van der Waals surface area contributed by atoms with Crippen LogP contribution in [0.25, 0.3) is 20.3 Å². The molecule has 2 aromatic heterocycles. The van der Waals surface area contributed by atoms with Crippen molar-refractivity contribution in [1.82, 2.24) is 9.88 Å². The van der Waals surface area contributed by atoms with E-state index in [-0.39, 0.29) is 11.6 Å². The fourth-order valence-corrected chi connectivity index (χ4v) is 5.79. The zero-order valence-corrected chi connectivity index (χ0v) is 17.8. The summed E-state index contributed by atoms with van der Waals surface area (Å²) in [6.45, 7) is 4.81. The second kappa shape index (κ2) is 7.33. The number of rotatable bonds is 3. The van der Waals surface area contributed by atoms with E-state index in [9.17, 15) is 14.9 Å². The molecule has 0 unspecified atom stereocenters. The number of non-ortho nitro benzene ring substituents is 1. The Kier molecular flexibility index (Phi) is 4.63. The van der Waals surface area contributed by atoms with Crippen LogP contribution in [0.3, 0.4) is 0 Å². The average molecular weight is 439 g/mol. The van der Waals surface area contributed by atoms with Crippen molar-refractivity contribution in [2.24, 2.45) is 0 Å². The molecular formula is C21H18N4O3S2. The number of aromatic nitrogens is 1. The molecule has 152 valence electrons. The number of piperazine rings is 1. The first-order chi connectivity index (χ1) is 14.5. The molecule has 9 heteroatoms. The number of thiophene rings is 1. The lowest BCUT2D eigenvalue weighted by molar-refractivity contribution is -0.384. The smallest absolute Gasteiger partial charge is 0.270 e. The standard InChI is InChI=1S/C21H18N4O3S2/c1-13-2-4-16-18(10-13)30-21(22-16)24-8-6-23(7-9-24)20(26)19-12-14-11-15(25(27)28)3-5-17(14)29-19/h2-5,10-12H,6-9H2,1H3. The Labute approximate surface area is 180 Å². The van der Waals surface area contributed by atoms with E-state index in [0.29, 0.717) is 18.0 Å². The van der Waals surface area contributed by atoms with Gasteiger partial charge in [-0.15, -0.1) is 11.3 Å². The summed E-state index contributed by atoms with van der Waals surface area (Å²) in [4.78, 5) is 33.0. The van der Waals surface area contributed by atoms with Gasteiger partial charge in [-0.25, -0.2) is 4.98 Å². The number of hydrogen-bond acceptors (Lipinski definition) is 7. The maximum atomic E-state index is 13.0. The van der Waals surface area contributed by atoms with E-state index < -0.39 is 4.92 Å². The molecule has 7 nitrogen and oxygen atoms in total. The molecule has 1 fully saturated rings. The van der Waals surface area contributed by atoms with Gasteiger partial charge in [-0.3, -0.25) is 14.9 Å². The summed E-state index contributed by atoms with van der Waals surface area (Å²) in [7, 11) is 0. The van der Waals surface area contributed by atoms with Crippen molar-refractivity contribution < 1.29 is 9.72 Å². The van der Waals surface area contributed by atoms with E-state index in [2.05, 4.69) is 30.0 Å². The largest absolute Gasteiger partial charge is 0.345 e. The van der Waals surface area contributed by atoms with Crippen molar-refractivity contribution in [3.8, 4) is 0 Å². The molecule has 3 heterocycles. The molecule has 1 amide bonds. The lowest BCUT2D eigenvalue weighted by Crippen LogP contribution is -2.48. The Morgan fingerprint density at radius 1 is 1.03 bits per heavy atom. The van der Waals surface area contributed by atoms with E-state index in [1.54, 1.807) is 23.5 Å². The summed E-state index contributed by atoms with van der Waals surface area (Å²) in [6.07, 6.45) is 0. The maximum absolute atomic E-state index is 13.0. The van der Waals surface area contributed by atoms with Crippen LogP contribution in [-0.2, 0) is 0 Å². The van der Waals surface area contributed by atoms with Gasteiger partial charge in [0.05, 0.1) is 20.0 Å². The predicted molar refractivity (Wildman–Crippen MR) is 121 cm³/mol. The molecule has 1 aliphatic rings. The predicted octanol–water partition coefficient (Wildman–Crippen LogP) is 4.69. The van der Waals surface area contributed by atoms with Crippen LogP contribution in [0.2, 0.25) is 0 Å². The van der Waals surface area contributed by atoms with Gasteiger partial charge in [-0.05, 0) is 36.8 Å². The number of nitrogens with zero attached hydrogens (tertiary/aromatic N) is 4. The number of anilines is 1. The minimum atomic E-state index is -0.416. The maximum Gasteiger partial charge on any atom is 0.270 e. The minimum Gasteiger partial charge on any atom is -0.345 e. The van der Waals surface area contributed by atoms with Crippen molar-refractivity contribution in [2.75, 3.05) is 31.1 Å². The fraction of sp³-hybridized carbons (Fsp3) is 0.238. The Morgan fingerprint density at radius 3 is 2.60 bits per heavy atom. The van der Waals surface area contributed by atoms with Crippen LogP contribution in [0.5, 0.6) is 0 Å². The Balaban J connectivity index is 1.30. The number of hydrogen-bond donors (Lipinski definition) is 0. The van der Waals surface area contributed by atoms with Crippen molar-refractivity contribution >= 4 is 59.7 Å². The van der Waals surface area contributed by atoms with Gasteiger partial charge < -0.3 is 9.80 Å². The Hall–Kier alpha value is -3.04. The lowest BCUT2D eigenvalue weighted by Gasteiger charge is -2.34. The molecule has 5 rings (SSSR count). The molecule has 0 bridgehead atoms. The van der Waals surface area contributed by atoms with Crippen LogP contribution in [0.15, 0.2) is 42.5 Å². The molecule has 1 saturated heterocycles. The molecular weight excluding hydrogens is 420 g/mol. The van der Waals surface area contributed by atoms with Gasteiger partial charge in [0.25, 0.3) is 11.6 Å². The zero-order chi connectivity index (χ0) is 20.8. The molecule has 0 saturated carbocycles. The quantitative estimate of drug-likeness (QED) is 0.342. The van der Waals surface area contributed by atoms with E-state index in [1.165, 1.54) is 33.7 Å². The second-order valence-electron chi connectivity index (χ2n) is 7.34. The summed E-state index contributed by atoms with van der Waals surface area (Å²) in [5, 5.41) is 12.7. The summed E-state index contributed by atoms with van der Waals surface area (Å²) >= 11 is 3.07. The number of fused-ring (bicyclic) bond motifs is 2. The highest BCUT2D eigenvalue weighted by Crippen LogP contribution is 2.32. The van der Waals surface area contributed by atoms with Gasteiger partial charge in [0, 0.05) is 48.4 Å². The second-order valence-corrected chi connectivity index (χ2v) is 9.43. The van der Waals surface area contributed by atoms with Gasteiger partial charge in [-0.2, -0.15) is 0 Å². The first kappa shape index (κ1) is 19.0. The van der Waals surface area contributed by atoms with E-state index in [1.807, 2.05) is 4.90 Å². The van der Waals surface area contributed by atoms with Crippen LogP contribution < -0.4 is 4.90 Å². The topological polar surface area (TPSA) is 79.6 Å². The number of thiazole rings is 1. The van der Waals surface area contributed by atoms with Gasteiger partial charge in [0.1, 0.15) is 0 Å². The highest BCUT2D eigenvalue weighted by molar-refractivity contribution is 7.22. The Morgan fingerprint density at radius 2 is 1.83 bits per heavy atom. The molecule has 0 atom stereocenters. The molecule has 0 aliphatic carbocycles. The summed E-state index contributed by atoms with van der Waals surface area (Å²) < 4.78 is 2.07. The van der Waals surface area contributed by atoms with E-state index in [4.69, 9.17) is 4.98 Å². The van der Waals surface area contributed by atoms with Crippen LogP contribution in [0, 0.1) is 17.0 Å². The van der Waals surface area contributed by atoms with Gasteiger partial charge in [0.15, 0.2) is 5.13 Å².